The van der Waals surface area contributed by atoms with Crippen molar-refractivity contribution in [3.8, 4) is 11.8 Å². The number of hydrogen-bond acceptors (Lipinski definition) is 8. The molecular formula is C24H36N2O6. The number of ketones is 2. The van der Waals surface area contributed by atoms with Gasteiger partial charge in [0, 0.05) is 25.7 Å². The molecule has 0 aliphatic heterocycles. The Hall–Kier alpha value is -2.64. The molecule has 0 saturated carbocycles. The minimum absolute atomic E-state index is 0.0303. The molecule has 0 amide bonds. The maximum atomic E-state index is 12.4. The summed E-state index contributed by atoms with van der Waals surface area (Å²) in [6.07, 6.45) is 5.40. The van der Waals surface area contributed by atoms with Crippen molar-refractivity contribution < 1.29 is 28.8 Å². The zero-order valence-electron chi connectivity index (χ0n) is 20.0. The van der Waals surface area contributed by atoms with E-state index in [1.165, 1.54) is 12.5 Å². The molecule has 0 saturated heterocycles. The largest absolute Gasteiger partial charge is 0.491 e. The van der Waals surface area contributed by atoms with Crippen LogP contribution >= 0.6 is 0 Å². The van der Waals surface area contributed by atoms with Crippen molar-refractivity contribution in [1.29, 1.82) is 0 Å². The highest BCUT2D eigenvalue weighted by atomic mass is 16.5. The molecule has 2 N–H and O–H groups in total. The first-order valence-corrected chi connectivity index (χ1v) is 11.1. The molecule has 0 radical (unpaired) electrons. The van der Waals surface area contributed by atoms with Gasteiger partial charge in [-0.3, -0.25) is 9.59 Å². The smallest absolute Gasteiger partial charge is 0.255 e. The van der Waals surface area contributed by atoms with Crippen molar-refractivity contribution in [1.82, 2.24) is 10.3 Å². The van der Waals surface area contributed by atoms with Gasteiger partial charge < -0.3 is 19.3 Å². The Bertz CT molecular complexity index is 837. The molecule has 0 aliphatic carbocycles. The lowest BCUT2D eigenvalue weighted by atomic mass is 9.73. The van der Waals surface area contributed by atoms with Crippen molar-refractivity contribution in [2.45, 2.75) is 91.9 Å². The predicted molar refractivity (Wildman–Crippen MR) is 118 cm³/mol. The van der Waals surface area contributed by atoms with Crippen LogP contribution in [0.1, 0.15) is 103 Å². The van der Waals surface area contributed by atoms with Crippen molar-refractivity contribution >= 4 is 11.6 Å². The zero-order chi connectivity index (χ0) is 24.1. The predicted octanol–water partition coefficient (Wildman–Crippen LogP) is 5.51. The van der Waals surface area contributed by atoms with Gasteiger partial charge >= 0.3 is 0 Å². The SMILES string of the molecule is CC(c1conc1O)C(C)(C)CCC(=O)CCC(=O)CCC(C)(C)C(C)c1conc1O. The maximum Gasteiger partial charge on any atom is 0.255 e. The van der Waals surface area contributed by atoms with Gasteiger partial charge in [-0.2, -0.15) is 0 Å². The van der Waals surface area contributed by atoms with Gasteiger partial charge in [0.25, 0.3) is 11.8 Å². The molecule has 178 valence electrons. The highest BCUT2D eigenvalue weighted by Gasteiger charge is 2.32. The van der Waals surface area contributed by atoms with E-state index in [1.807, 2.05) is 41.5 Å². The molecule has 0 aromatic carbocycles. The fourth-order valence-electron chi connectivity index (χ4n) is 3.80. The number of rotatable bonds is 13. The lowest BCUT2D eigenvalue weighted by Gasteiger charge is -2.31. The van der Waals surface area contributed by atoms with E-state index in [0.29, 0.717) is 36.8 Å². The van der Waals surface area contributed by atoms with Crippen LogP contribution in [-0.2, 0) is 9.59 Å². The summed E-state index contributed by atoms with van der Waals surface area (Å²) in [5.41, 5.74) is 0.787. The monoisotopic (exact) mass is 448 g/mol. The van der Waals surface area contributed by atoms with E-state index < -0.39 is 0 Å². The van der Waals surface area contributed by atoms with Crippen LogP contribution in [0.25, 0.3) is 0 Å². The van der Waals surface area contributed by atoms with Crippen molar-refractivity contribution in [2.75, 3.05) is 0 Å². The molecular weight excluding hydrogens is 412 g/mol. The zero-order valence-corrected chi connectivity index (χ0v) is 20.0. The highest BCUT2D eigenvalue weighted by Crippen LogP contribution is 2.43. The van der Waals surface area contributed by atoms with E-state index in [1.54, 1.807) is 0 Å². The van der Waals surface area contributed by atoms with Crippen LogP contribution in [0, 0.1) is 10.8 Å². The van der Waals surface area contributed by atoms with Gasteiger partial charge in [0.2, 0.25) is 0 Å². The second kappa shape index (κ2) is 10.3. The number of carbonyl (C=O) groups is 2. The summed E-state index contributed by atoms with van der Waals surface area (Å²) in [6.45, 7) is 12.1. The lowest BCUT2D eigenvalue weighted by Crippen LogP contribution is -2.22. The van der Waals surface area contributed by atoms with Crippen LogP contribution in [0.4, 0.5) is 0 Å². The van der Waals surface area contributed by atoms with E-state index in [2.05, 4.69) is 10.3 Å². The van der Waals surface area contributed by atoms with E-state index in [9.17, 15) is 19.8 Å². The topological polar surface area (TPSA) is 127 Å². The van der Waals surface area contributed by atoms with E-state index in [-0.39, 0.29) is 58.8 Å². The van der Waals surface area contributed by atoms with Crippen LogP contribution < -0.4 is 0 Å². The Morgan fingerprint density at radius 2 is 1.12 bits per heavy atom. The van der Waals surface area contributed by atoms with Gasteiger partial charge in [0.1, 0.15) is 24.1 Å². The summed E-state index contributed by atoms with van der Waals surface area (Å²) < 4.78 is 9.63. The molecule has 2 unspecified atom stereocenters. The van der Waals surface area contributed by atoms with E-state index in [0.717, 1.165) is 0 Å². The fourth-order valence-corrected chi connectivity index (χ4v) is 3.80. The molecule has 0 spiro atoms. The number of nitrogens with zero attached hydrogens (tertiary/aromatic N) is 2. The minimum Gasteiger partial charge on any atom is -0.491 e. The summed E-state index contributed by atoms with van der Waals surface area (Å²) in [5, 5.41) is 26.6. The fraction of sp³-hybridized carbons (Fsp3) is 0.667. The molecule has 2 aromatic rings. The normalized spacial score (nSPS) is 14.3. The summed E-state index contributed by atoms with van der Waals surface area (Å²) in [7, 11) is 0. The third kappa shape index (κ3) is 6.43. The average molecular weight is 449 g/mol. The number of aromatic hydroxyl groups is 2. The third-order valence-electron chi connectivity index (χ3n) is 7.21. The molecule has 8 heteroatoms. The lowest BCUT2D eigenvalue weighted by molar-refractivity contribution is -0.124. The van der Waals surface area contributed by atoms with Crippen LogP contribution in [0.15, 0.2) is 21.6 Å². The maximum absolute atomic E-state index is 12.4. The third-order valence-corrected chi connectivity index (χ3v) is 7.21. The van der Waals surface area contributed by atoms with Crippen LogP contribution in [-0.4, -0.2) is 32.1 Å². The number of carbonyl (C=O) groups excluding carboxylic acids is 2. The van der Waals surface area contributed by atoms with Crippen LogP contribution in [0.3, 0.4) is 0 Å². The van der Waals surface area contributed by atoms with Gasteiger partial charge in [-0.1, -0.05) is 41.5 Å². The molecule has 0 bridgehead atoms. The quantitative estimate of drug-likeness (QED) is 0.410. The Labute approximate surface area is 189 Å². The molecule has 2 aromatic heterocycles. The van der Waals surface area contributed by atoms with Crippen molar-refractivity contribution in [3.05, 3.63) is 23.7 Å². The molecule has 2 heterocycles. The first-order chi connectivity index (χ1) is 14.8. The summed E-state index contributed by atoms with van der Waals surface area (Å²) in [6, 6.07) is 0. The first-order valence-electron chi connectivity index (χ1n) is 11.1. The number of aromatic nitrogens is 2. The van der Waals surface area contributed by atoms with Gasteiger partial charge in [0.15, 0.2) is 0 Å². The highest BCUT2D eigenvalue weighted by molar-refractivity contribution is 5.86. The molecule has 8 nitrogen and oxygen atoms in total. The van der Waals surface area contributed by atoms with Gasteiger partial charge in [-0.25, -0.2) is 0 Å². The van der Waals surface area contributed by atoms with E-state index in [4.69, 9.17) is 9.05 Å². The van der Waals surface area contributed by atoms with Gasteiger partial charge in [-0.05, 0) is 45.8 Å². The van der Waals surface area contributed by atoms with Crippen LogP contribution in [0.2, 0.25) is 0 Å². The molecule has 32 heavy (non-hydrogen) atoms. The summed E-state index contributed by atoms with van der Waals surface area (Å²) in [5.74, 6) is -0.155. The molecule has 0 fully saturated rings. The van der Waals surface area contributed by atoms with Gasteiger partial charge in [-0.15, -0.1) is 0 Å². The van der Waals surface area contributed by atoms with Crippen LogP contribution in [0.5, 0.6) is 11.8 Å². The standard InChI is InChI=1S/C24H36N2O6/c1-15(19-13-31-25-21(19)29)23(3,4)11-9-17(27)7-8-18(28)10-12-24(5,6)16(2)20-14-32-26-22(20)30/h13-16H,7-12H2,1-6H3,(H,25,29)(H,26,30). The molecule has 2 rings (SSSR count). The second-order valence-corrected chi connectivity index (χ2v) is 10.2. The van der Waals surface area contributed by atoms with Crippen molar-refractivity contribution in [3.63, 3.8) is 0 Å². The second-order valence-electron chi connectivity index (χ2n) is 10.2. The Morgan fingerprint density at radius 1 is 0.781 bits per heavy atom. The first kappa shape index (κ1) is 25.6. The number of Topliss-reactive ketones (excluding diaryl/α,β-unsaturated/α-hetero) is 2. The summed E-state index contributed by atoms with van der Waals surface area (Å²) in [4.78, 5) is 24.8. The Morgan fingerprint density at radius 3 is 1.41 bits per heavy atom. The van der Waals surface area contributed by atoms with Crippen molar-refractivity contribution in [2.24, 2.45) is 10.8 Å². The average Bonchev–Trinajstić information content (AvgIpc) is 3.35. The molecule has 2 atom stereocenters. The molecule has 0 aliphatic rings. The Kier molecular flexibility index (Phi) is 8.26. The minimum atomic E-state index is -0.240. The van der Waals surface area contributed by atoms with E-state index >= 15 is 0 Å². The number of hydrogen-bond donors (Lipinski definition) is 2. The summed E-state index contributed by atoms with van der Waals surface area (Å²) >= 11 is 0. The van der Waals surface area contributed by atoms with Gasteiger partial charge in [0.05, 0.1) is 11.1 Å². The Balaban J connectivity index is 1.76.